The molecule has 0 saturated heterocycles. The molecule has 0 radical (unpaired) electrons. The zero-order valence-electron chi connectivity index (χ0n) is 8.34. The van der Waals surface area contributed by atoms with Gasteiger partial charge in [0.25, 0.3) is 0 Å². The standard InChI is InChI=1S/C9H20N2S/c1-4-5-8(2)11(3)7-6-9(10)12/h8H,4-7H2,1-3H3,(H2,10,12). The highest BCUT2D eigenvalue weighted by molar-refractivity contribution is 7.80. The molecule has 3 heteroatoms. The van der Waals surface area contributed by atoms with E-state index in [1.54, 1.807) is 0 Å². The van der Waals surface area contributed by atoms with E-state index in [0.717, 1.165) is 13.0 Å². The van der Waals surface area contributed by atoms with Crippen molar-refractivity contribution in [2.45, 2.75) is 39.2 Å². The molecule has 0 aliphatic rings. The van der Waals surface area contributed by atoms with E-state index >= 15 is 0 Å². The summed E-state index contributed by atoms with van der Waals surface area (Å²) in [6.07, 6.45) is 3.31. The van der Waals surface area contributed by atoms with E-state index in [1.165, 1.54) is 12.8 Å². The third-order valence-corrected chi connectivity index (χ3v) is 2.37. The Morgan fingerprint density at radius 1 is 1.58 bits per heavy atom. The van der Waals surface area contributed by atoms with Crippen LogP contribution in [0, 0.1) is 0 Å². The van der Waals surface area contributed by atoms with Crippen LogP contribution in [-0.4, -0.2) is 29.5 Å². The molecule has 1 unspecified atom stereocenters. The molecule has 0 heterocycles. The van der Waals surface area contributed by atoms with Crippen LogP contribution in [0.1, 0.15) is 33.1 Å². The van der Waals surface area contributed by atoms with Gasteiger partial charge in [0.1, 0.15) is 0 Å². The lowest BCUT2D eigenvalue weighted by Crippen LogP contribution is -2.31. The lowest BCUT2D eigenvalue weighted by molar-refractivity contribution is 0.252. The summed E-state index contributed by atoms with van der Waals surface area (Å²) in [5.41, 5.74) is 5.42. The summed E-state index contributed by atoms with van der Waals surface area (Å²) in [4.78, 5) is 2.92. The molecule has 0 amide bonds. The van der Waals surface area contributed by atoms with Gasteiger partial charge in [0.05, 0.1) is 4.99 Å². The van der Waals surface area contributed by atoms with E-state index in [9.17, 15) is 0 Å². The van der Waals surface area contributed by atoms with Gasteiger partial charge in [-0.1, -0.05) is 25.6 Å². The van der Waals surface area contributed by atoms with Gasteiger partial charge < -0.3 is 10.6 Å². The van der Waals surface area contributed by atoms with E-state index < -0.39 is 0 Å². The SMILES string of the molecule is CCCC(C)N(C)CCC(N)=S. The van der Waals surface area contributed by atoms with Crippen molar-refractivity contribution in [3.05, 3.63) is 0 Å². The van der Waals surface area contributed by atoms with Crippen LogP contribution in [-0.2, 0) is 0 Å². The molecule has 2 N–H and O–H groups in total. The van der Waals surface area contributed by atoms with Crippen molar-refractivity contribution in [3.63, 3.8) is 0 Å². The molecule has 2 nitrogen and oxygen atoms in total. The van der Waals surface area contributed by atoms with Crippen molar-refractivity contribution >= 4 is 17.2 Å². The quantitative estimate of drug-likeness (QED) is 0.644. The van der Waals surface area contributed by atoms with Gasteiger partial charge in [-0.25, -0.2) is 0 Å². The second-order valence-corrected chi connectivity index (χ2v) is 3.86. The molecule has 1 atom stereocenters. The van der Waals surface area contributed by atoms with Crippen LogP contribution in [0.25, 0.3) is 0 Å². The predicted molar refractivity (Wildman–Crippen MR) is 58.4 cm³/mol. The van der Waals surface area contributed by atoms with E-state index in [2.05, 4.69) is 25.8 Å². The Balaban J connectivity index is 3.55. The zero-order valence-corrected chi connectivity index (χ0v) is 9.16. The zero-order chi connectivity index (χ0) is 9.56. The summed E-state index contributed by atoms with van der Waals surface area (Å²) < 4.78 is 0. The molecule has 0 fully saturated rings. The molecule has 0 aromatic heterocycles. The van der Waals surface area contributed by atoms with Crippen LogP contribution < -0.4 is 5.73 Å². The number of nitrogens with two attached hydrogens (primary N) is 1. The Morgan fingerprint density at radius 3 is 2.58 bits per heavy atom. The Kier molecular flexibility index (Phi) is 6.30. The van der Waals surface area contributed by atoms with Crippen molar-refractivity contribution in [1.29, 1.82) is 0 Å². The minimum atomic E-state index is 0.616. The van der Waals surface area contributed by atoms with Crippen LogP contribution in [0.15, 0.2) is 0 Å². The van der Waals surface area contributed by atoms with Crippen molar-refractivity contribution in [3.8, 4) is 0 Å². The summed E-state index contributed by atoms with van der Waals surface area (Å²) in [5.74, 6) is 0. The molecule has 0 bridgehead atoms. The van der Waals surface area contributed by atoms with Crippen LogP contribution >= 0.6 is 12.2 Å². The summed E-state index contributed by atoms with van der Waals surface area (Å²) in [6, 6.07) is 0.643. The van der Waals surface area contributed by atoms with Crippen LogP contribution in [0.2, 0.25) is 0 Å². The molecule has 0 aliphatic carbocycles. The van der Waals surface area contributed by atoms with Gasteiger partial charge in [-0.05, 0) is 20.4 Å². The maximum atomic E-state index is 5.42. The first kappa shape index (κ1) is 11.8. The minimum Gasteiger partial charge on any atom is -0.393 e. The molecule has 0 spiro atoms. The summed E-state index contributed by atoms with van der Waals surface area (Å²) in [6.45, 7) is 5.43. The fraction of sp³-hybridized carbons (Fsp3) is 0.889. The van der Waals surface area contributed by atoms with Gasteiger partial charge >= 0.3 is 0 Å². The van der Waals surface area contributed by atoms with Crippen molar-refractivity contribution < 1.29 is 0 Å². The molecular weight excluding hydrogens is 168 g/mol. The number of thiocarbonyl (C=S) groups is 1. The molecule has 72 valence electrons. The molecule has 0 aromatic rings. The van der Waals surface area contributed by atoms with Crippen LogP contribution in [0.4, 0.5) is 0 Å². The van der Waals surface area contributed by atoms with Gasteiger partial charge in [0.2, 0.25) is 0 Å². The third kappa shape index (κ3) is 5.49. The maximum absolute atomic E-state index is 5.42. The van der Waals surface area contributed by atoms with Crippen molar-refractivity contribution in [1.82, 2.24) is 4.90 Å². The molecule has 0 aliphatic heterocycles. The molecular formula is C9H20N2S. The lowest BCUT2D eigenvalue weighted by atomic mass is 10.1. The summed E-state index contributed by atoms with van der Waals surface area (Å²) in [7, 11) is 2.12. The first-order chi connectivity index (χ1) is 5.57. The normalized spacial score (nSPS) is 13.3. The second kappa shape index (κ2) is 6.38. The first-order valence-electron chi connectivity index (χ1n) is 4.56. The fourth-order valence-electron chi connectivity index (χ4n) is 1.15. The highest BCUT2D eigenvalue weighted by Crippen LogP contribution is 2.03. The third-order valence-electron chi connectivity index (χ3n) is 2.17. The monoisotopic (exact) mass is 188 g/mol. The van der Waals surface area contributed by atoms with Gasteiger partial charge in [-0.15, -0.1) is 0 Å². The largest absolute Gasteiger partial charge is 0.393 e. The number of nitrogens with zero attached hydrogens (tertiary/aromatic N) is 1. The van der Waals surface area contributed by atoms with E-state index in [4.69, 9.17) is 18.0 Å². The summed E-state index contributed by atoms with van der Waals surface area (Å²) >= 11 is 4.82. The highest BCUT2D eigenvalue weighted by atomic mass is 32.1. The summed E-state index contributed by atoms with van der Waals surface area (Å²) in [5, 5.41) is 0. The molecule has 0 aromatic carbocycles. The number of hydrogen-bond acceptors (Lipinski definition) is 2. The van der Waals surface area contributed by atoms with Gasteiger partial charge in [-0.3, -0.25) is 0 Å². The van der Waals surface area contributed by atoms with E-state index in [1.807, 2.05) is 0 Å². The predicted octanol–water partition coefficient (Wildman–Crippen LogP) is 1.78. The Labute approximate surface area is 81.1 Å². The van der Waals surface area contributed by atoms with Crippen LogP contribution in [0.3, 0.4) is 0 Å². The number of hydrogen-bond donors (Lipinski definition) is 1. The fourth-order valence-corrected chi connectivity index (χ4v) is 1.24. The Hall–Kier alpha value is -0.150. The molecule has 0 saturated carbocycles. The lowest BCUT2D eigenvalue weighted by Gasteiger charge is -2.23. The molecule has 12 heavy (non-hydrogen) atoms. The average Bonchev–Trinajstić information content (AvgIpc) is 2.00. The Morgan fingerprint density at radius 2 is 2.17 bits per heavy atom. The Bertz CT molecular complexity index is 136. The van der Waals surface area contributed by atoms with Gasteiger partial charge in [0.15, 0.2) is 0 Å². The number of rotatable bonds is 6. The first-order valence-corrected chi connectivity index (χ1v) is 4.97. The smallest absolute Gasteiger partial charge is 0.0740 e. The topological polar surface area (TPSA) is 29.3 Å². The van der Waals surface area contributed by atoms with Gasteiger partial charge in [0, 0.05) is 19.0 Å². The van der Waals surface area contributed by atoms with Crippen molar-refractivity contribution in [2.75, 3.05) is 13.6 Å². The van der Waals surface area contributed by atoms with Gasteiger partial charge in [-0.2, -0.15) is 0 Å². The van der Waals surface area contributed by atoms with Crippen LogP contribution in [0.5, 0.6) is 0 Å². The minimum absolute atomic E-state index is 0.616. The van der Waals surface area contributed by atoms with Crippen molar-refractivity contribution in [2.24, 2.45) is 5.73 Å². The highest BCUT2D eigenvalue weighted by Gasteiger charge is 2.07. The average molecular weight is 188 g/mol. The molecule has 0 rings (SSSR count). The van der Waals surface area contributed by atoms with E-state index in [0.29, 0.717) is 11.0 Å². The van der Waals surface area contributed by atoms with E-state index in [-0.39, 0.29) is 0 Å². The maximum Gasteiger partial charge on any atom is 0.0740 e. The second-order valence-electron chi connectivity index (χ2n) is 3.33.